The monoisotopic (exact) mass is 335 g/mol. The molecule has 0 heterocycles. The molecule has 0 fully saturated rings. The van der Waals surface area contributed by atoms with Crippen LogP contribution in [0.15, 0.2) is 57.9 Å². The summed E-state index contributed by atoms with van der Waals surface area (Å²) in [7, 11) is 0. The Bertz CT molecular complexity index is 551. The second-order valence-corrected chi connectivity index (χ2v) is 5.88. The Balaban J connectivity index is 1.95. The molecule has 19 heavy (non-hydrogen) atoms. The van der Waals surface area contributed by atoms with E-state index in [4.69, 9.17) is 0 Å². The van der Waals surface area contributed by atoms with E-state index in [-0.39, 0.29) is 5.91 Å². The third kappa shape index (κ3) is 4.40. The highest BCUT2D eigenvalue weighted by atomic mass is 79.9. The van der Waals surface area contributed by atoms with Gasteiger partial charge in [-0.25, -0.2) is 0 Å². The highest BCUT2D eigenvalue weighted by Crippen LogP contribution is 2.18. The first-order chi connectivity index (χ1) is 9.17. The Morgan fingerprint density at radius 2 is 1.74 bits per heavy atom. The Morgan fingerprint density at radius 3 is 2.32 bits per heavy atom. The predicted molar refractivity (Wildman–Crippen MR) is 84.7 cm³/mol. The van der Waals surface area contributed by atoms with E-state index < -0.39 is 0 Å². The van der Waals surface area contributed by atoms with Gasteiger partial charge in [0.2, 0.25) is 5.91 Å². The summed E-state index contributed by atoms with van der Waals surface area (Å²) in [6, 6.07) is 15.6. The summed E-state index contributed by atoms with van der Waals surface area (Å²) in [5.74, 6) is -0.000719. The summed E-state index contributed by atoms with van der Waals surface area (Å²) in [6.45, 7) is 0. The fraction of sp³-hybridized carbons (Fsp3) is 0.133. The molecule has 0 atom stereocenters. The van der Waals surface area contributed by atoms with Crippen LogP contribution < -0.4 is 5.32 Å². The average Bonchev–Trinajstić information content (AvgIpc) is 2.42. The first-order valence-electron chi connectivity index (χ1n) is 5.86. The molecule has 1 N–H and O–H groups in total. The van der Waals surface area contributed by atoms with Crippen LogP contribution in [0.4, 0.5) is 5.69 Å². The number of carbonyl (C=O) groups is 1. The van der Waals surface area contributed by atoms with E-state index in [9.17, 15) is 4.79 Å². The molecule has 2 aromatic rings. The minimum absolute atomic E-state index is 0.000719. The van der Waals surface area contributed by atoms with Gasteiger partial charge in [0.25, 0.3) is 0 Å². The SMILES string of the molecule is CSc1ccc(NC(=O)Cc2ccc(Br)cc2)cc1. The van der Waals surface area contributed by atoms with Crippen LogP contribution in [-0.2, 0) is 11.2 Å². The lowest BCUT2D eigenvalue weighted by atomic mass is 10.1. The molecule has 1 amide bonds. The van der Waals surface area contributed by atoms with Gasteiger partial charge in [0, 0.05) is 15.1 Å². The zero-order valence-electron chi connectivity index (χ0n) is 10.5. The van der Waals surface area contributed by atoms with Crippen LogP contribution in [0.25, 0.3) is 0 Å². The van der Waals surface area contributed by atoms with Crippen LogP contribution in [0.3, 0.4) is 0 Å². The van der Waals surface area contributed by atoms with Gasteiger partial charge in [-0.3, -0.25) is 4.79 Å². The summed E-state index contributed by atoms with van der Waals surface area (Å²) in [5, 5.41) is 2.90. The van der Waals surface area contributed by atoms with Gasteiger partial charge in [-0.15, -0.1) is 11.8 Å². The summed E-state index contributed by atoms with van der Waals surface area (Å²) >= 11 is 5.06. The lowest BCUT2D eigenvalue weighted by Gasteiger charge is -2.06. The molecule has 0 aromatic heterocycles. The number of hydrogen-bond donors (Lipinski definition) is 1. The number of hydrogen-bond acceptors (Lipinski definition) is 2. The second kappa shape index (κ2) is 6.78. The maximum atomic E-state index is 11.9. The third-order valence-electron chi connectivity index (χ3n) is 2.65. The van der Waals surface area contributed by atoms with Crippen molar-refractivity contribution in [2.45, 2.75) is 11.3 Å². The maximum Gasteiger partial charge on any atom is 0.228 e. The zero-order valence-corrected chi connectivity index (χ0v) is 12.9. The highest BCUT2D eigenvalue weighted by Gasteiger charge is 2.04. The molecule has 0 radical (unpaired) electrons. The molecule has 0 saturated heterocycles. The third-order valence-corrected chi connectivity index (χ3v) is 3.92. The van der Waals surface area contributed by atoms with Crippen LogP contribution in [0.2, 0.25) is 0 Å². The highest BCUT2D eigenvalue weighted by molar-refractivity contribution is 9.10. The standard InChI is InChI=1S/C15H14BrNOS/c1-19-14-8-6-13(7-9-14)17-15(18)10-11-2-4-12(16)5-3-11/h2-9H,10H2,1H3,(H,17,18). The molecule has 0 spiro atoms. The number of rotatable bonds is 4. The van der Waals surface area contributed by atoms with Gasteiger partial charge in [-0.05, 0) is 48.2 Å². The maximum absolute atomic E-state index is 11.9. The molecule has 2 rings (SSSR count). The molecule has 98 valence electrons. The van der Waals surface area contributed by atoms with Crippen LogP contribution >= 0.6 is 27.7 Å². The molecule has 0 aliphatic rings. The molecular formula is C15H14BrNOS. The van der Waals surface area contributed by atoms with Crippen molar-refractivity contribution < 1.29 is 4.79 Å². The zero-order chi connectivity index (χ0) is 13.7. The molecule has 0 bridgehead atoms. The molecule has 0 aliphatic carbocycles. The smallest absolute Gasteiger partial charge is 0.228 e. The predicted octanol–water partition coefficient (Wildman–Crippen LogP) is 4.35. The van der Waals surface area contributed by atoms with Crippen molar-refractivity contribution in [1.29, 1.82) is 0 Å². The van der Waals surface area contributed by atoms with Crippen LogP contribution in [0.1, 0.15) is 5.56 Å². The minimum Gasteiger partial charge on any atom is -0.326 e. The molecule has 0 saturated carbocycles. The van der Waals surface area contributed by atoms with Crippen molar-refractivity contribution >= 4 is 39.3 Å². The number of nitrogens with one attached hydrogen (secondary N) is 1. The van der Waals surface area contributed by atoms with Gasteiger partial charge in [-0.2, -0.15) is 0 Å². The number of thioether (sulfide) groups is 1. The van der Waals surface area contributed by atoms with Crippen molar-refractivity contribution in [3.05, 3.63) is 58.6 Å². The number of carbonyl (C=O) groups excluding carboxylic acids is 1. The minimum atomic E-state index is -0.000719. The first-order valence-corrected chi connectivity index (χ1v) is 7.87. The van der Waals surface area contributed by atoms with Gasteiger partial charge in [0.1, 0.15) is 0 Å². The van der Waals surface area contributed by atoms with Gasteiger partial charge in [-0.1, -0.05) is 28.1 Å². The molecule has 2 aromatic carbocycles. The van der Waals surface area contributed by atoms with Gasteiger partial charge in [0.15, 0.2) is 0 Å². The van der Waals surface area contributed by atoms with Crippen molar-refractivity contribution in [2.75, 3.05) is 11.6 Å². The summed E-state index contributed by atoms with van der Waals surface area (Å²) in [5.41, 5.74) is 1.83. The summed E-state index contributed by atoms with van der Waals surface area (Å²) < 4.78 is 1.02. The number of anilines is 1. The largest absolute Gasteiger partial charge is 0.326 e. The van der Waals surface area contributed by atoms with E-state index in [1.165, 1.54) is 4.90 Å². The Labute approximate surface area is 125 Å². The van der Waals surface area contributed by atoms with E-state index in [0.717, 1.165) is 15.7 Å². The normalized spacial score (nSPS) is 10.2. The van der Waals surface area contributed by atoms with Gasteiger partial charge in [0.05, 0.1) is 6.42 Å². The Morgan fingerprint density at radius 1 is 1.11 bits per heavy atom. The van der Waals surface area contributed by atoms with E-state index in [1.807, 2.05) is 54.8 Å². The van der Waals surface area contributed by atoms with E-state index in [0.29, 0.717) is 6.42 Å². The fourth-order valence-corrected chi connectivity index (χ4v) is 2.34. The second-order valence-electron chi connectivity index (χ2n) is 4.08. The summed E-state index contributed by atoms with van der Waals surface area (Å²) in [6.07, 6.45) is 2.42. The van der Waals surface area contributed by atoms with Crippen molar-refractivity contribution in [3.63, 3.8) is 0 Å². The quantitative estimate of drug-likeness (QED) is 0.841. The van der Waals surface area contributed by atoms with Crippen molar-refractivity contribution in [2.24, 2.45) is 0 Å². The Kier molecular flexibility index (Phi) is 5.05. The molecule has 0 aliphatic heterocycles. The lowest BCUT2D eigenvalue weighted by molar-refractivity contribution is -0.115. The number of halogens is 1. The van der Waals surface area contributed by atoms with Crippen molar-refractivity contribution in [3.8, 4) is 0 Å². The number of benzene rings is 2. The van der Waals surface area contributed by atoms with Gasteiger partial charge < -0.3 is 5.32 Å². The van der Waals surface area contributed by atoms with Crippen LogP contribution in [0.5, 0.6) is 0 Å². The lowest BCUT2D eigenvalue weighted by Crippen LogP contribution is -2.14. The topological polar surface area (TPSA) is 29.1 Å². The molecule has 0 unspecified atom stereocenters. The van der Waals surface area contributed by atoms with Gasteiger partial charge >= 0.3 is 0 Å². The number of amides is 1. The van der Waals surface area contributed by atoms with Crippen LogP contribution in [0, 0.1) is 0 Å². The first kappa shape index (κ1) is 14.2. The van der Waals surface area contributed by atoms with E-state index >= 15 is 0 Å². The fourth-order valence-electron chi connectivity index (χ4n) is 1.67. The molecule has 4 heteroatoms. The summed E-state index contributed by atoms with van der Waals surface area (Å²) in [4.78, 5) is 13.1. The molecule has 2 nitrogen and oxygen atoms in total. The Hall–Kier alpha value is -1.26. The average molecular weight is 336 g/mol. The van der Waals surface area contributed by atoms with E-state index in [2.05, 4.69) is 21.2 Å². The van der Waals surface area contributed by atoms with Crippen LogP contribution in [-0.4, -0.2) is 12.2 Å². The van der Waals surface area contributed by atoms with Crippen molar-refractivity contribution in [1.82, 2.24) is 0 Å². The molecular weight excluding hydrogens is 322 g/mol. The van der Waals surface area contributed by atoms with E-state index in [1.54, 1.807) is 11.8 Å².